The van der Waals surface area contributed by atoms with E-state index in [2.05, 4.69) is 16.1 Å². The van der Waals surface area contributed by atoms with Crippen LogP contribution in [0.4, 0.5) is 5.69 Å². The first-order valence-corrected chi connectivity index (χ1v) is 10.5. The molecule has 162 valence electrons. The highest BCUT2D eigenvalue weighted by atomic mass is 35.5. The Morgan fingerprint density at radius 2 is 1.61 bits per heavy atom. The average molecular weight is 482 g/mol. The molecule has 1 heterocycles. The largest absolute Gasteiger partial charge is 0.345 e. The number of amides is 3. The van der Waals surface area contributed by atoms with Crippen molar-refractivity contribution in [2.24, 2.45) is 0 Å². The molecule has 0 bridgehead atoms. The smallest absolute Gasteiger partial charge is 0.328 e. The fourth-order valence-corrected chi connectivity index (χ4v) is 3.55. The average Bonchev–Trinajstić information content (AvgIpc) is 3.04. The van der Waals surface area contributed by atoms with Gasteiger partial charge >= 0.3 is 11.8 Å². The molecule has 3 rings (SSSR count). The fourth-order valence-electron chi connectivity index (χ4n) is 2.84. The molecule has 0 saturated carbocycles. The fraction of sp³-hybridized carbons (Fsp3) is 0.190. The molecule has 2 aromatic carbocycles. The van der Waals surface area contributed by atoms with Gasteiger partial charge in [-0.1, -0.05) is 41.7 Å². The van der Waals surface area contributed by atoms with E-state index < -0.39 is 17.7 Å². The molecule has 7 nitrogen and oxygen atoms in total. The molecule has 0 aliphatic heterocycles. The SMILES string of the molecule is CC[C@@H](C)NC(=O)C(=O)Nn1c(C(=O)Nc2cc(Cl)cc(Cl)c2)cc2cc(Cl)ccc21. The highest BCUT2D eigenvalue weighted by molar-refractivity contribution is 6.38. The van der Waals surface area contributed by atoms with E-state index in [4.69, 9.17) is 34.8 Å². The third-order valence-corrected chi connectivity index (χ3v) is 5.20. The Morgan fingerprint density at radius 1 is 0.935 bits per heavy atom. The van der Waals surface area contributed by atoms with Gasteiger partial charge in [0.25, 0.3) is 5.91 Å². The van der Waals surface area contributed by atoms with Crippen LogP contribution in [0.15, 0.2) is 42.5 Å². The minimum Gasteiger partial charge on any atom is -0.345 e. The van der Waals surface area contributed by atoms with Crippen molar-refractivity contribution in [1.29, 1.82) is 0 Å². The number of nitrogens with zero attached hydrogens (tertiary/aromatic N) is 1. The zero-order valence-electron chi connectivity index (χ0n) is 16.6. The van der Waals surface area contributed by atoms with Crippen molar-refractivity contribution in [3.63, 3.8) is 0 Å². The summed E-state index contributed by atoms with van der Waals surface area (Å²) in [5, 5.41) is 7.03. The molecule has 0 radical (unpaired) electrons. The number of rotatable bonds is 5. The van der Waals surface area contributed by atoms with E-state index in [0.29, 0.717) is 38.1 Å². The van der Waals surface area contributed by atoms with Crippen molar-refractivity contribution in [2.45, 2.75) is 26.3 Å². The van der Waals surface area contributed by atoms with Gasteiger partial charge in [-0.25, -0.2) is 4.68 Å². The van der Waals surface area contributed by atoms with Gasteiger partial charge in [0.1, 0.15) is 5.69 Å². The van der Waals surface area contributed by atoms with Gasteiger partial charge in [-0.2, -0.15) is 0 Å². The molecule has 3 amide bonds. The second-order valence-corrected chi connectivity index (χ2v) is 8.21. The van der Waals surface area contributed by atoms with Crippen molar-refractivity contribution in [3.8, 4) is 0 Å². The molecule has 1 atom stereocenters. The Balaban J connectivity index is 1.95. The molecular formula is C21H19Cl3N4O3. The lowest BCUT2D eigenvalue weighted by Gasteiger charge is -2.14. The molecular weight excluding hydrogens is 463 g/mol. The van der Waals surface area contributed by atoms with Crippen LogP contribution in [0.2, 0.25) is 15.1 Å². The molecule has 0 aliphatic carbocycles. The van der Waals surface area contributed by atoms with Crippen LogP contribution >= 0.6 is 34.8 Å². The summed E-state index contributed by atoms with van der Waals surface area (Å²) in [5.74, 6) is -2.26. The maximum absolute atomic E-state index is 13.0. The molecule has 0 fully saturated rings. The van der Waals surface area contributed by atoms with Crippen molar-refractivity contribution in [2.75, 3.05) is 10.7 Å². The summed E-state index contributed by atoms with van der Waals surface area (Å²) < 4.78 is 1.24. The minimum absolute atomic E-state index is 0.0815. The number of carbonyl (C=O) groups excluding carboxylic acids is 3. The van der Waals surface area contributed by atoms with Gasteiger partial charge < -0.3 is 10.6 Å². The van der Waals surface area contributed by atoms with Crippen LogP contribution in [0.3, 0.4) is 0 Å². The summed E-state index contributed by atoms with van der Waals surface area (Å²) >= 11 is 18.0. The lowest BCUT2D eigenvalue weighted by molar-refractivity contribution is -0.137. The Hall–Kier alpha value is -2.74. The minimum atomic E-state index is -0.910. The normalized spacial score (nSPS) is 11.8. The van der Waals surface area contributed by atoms with Crippen molar-refractivity contribution >= 4 is 69.1 Å². The van der Waals surface area contributed by atoms with Gasteiger partial charge in [0.15, 0.2) is 0 Å². The number of aromatic nitrogens is 1. The van der Waals surface area contributed by atoms with Crippen LogP contribution < -0.4 is 16.1 Å². The van der Waals surface area contributed by atoms with E-state index in [0.717, 1.165) is 0 Å². The van der Waals surface area contributed by atoms with Crippen molar-refractivity contribution < 1.29 is 14.4 Å². The zero-order valence-corrected chi connectivity index (χ0v) is 18.9. The first-order valence-electron chi connectivity index (χ1n) is 9.38. The predicted molar refractivity (Wildman–Crippen MR) is 124 cm³/mol. The first-order chi connectivity index (χ1) is 14.7. The van der Waals surface area contributed by atoms with Crippen LogP contribution in [-0.2, 0) is 9.59 Å². The van der Waals surface area contributed by atoms with Crippen LogP contribution in [0.25, 0.3) is 10.9 Å². The number of benzene rings is 2. The highest BCUT2D eigenvalue weighted by Crippen LogP contribution is 2.25. The summed E-state index contributed by atoms with van der Waals surface area (Å²) in [6.45, 7) is 3.67. The predicted octanol–water partition coefficient (Wildman–Crippen LogP) is 4.84. The maximum Gasteiger partial charge on any atom is 0.328 e. The number of hydrogen-bond acceptors (Lipinski definition) is 3. The molecule has 0 aliphatic rings. The highest BCUT2D eigenvalue weighted by Gasteiger charge is 2.22. The number of carbonyl (C=O) groups is 3. The summed E-state index contributed by atoms with van der Waals surface area (Å²) in [6, 6.07) is 10.9. The lowest BCUT2D eigenvalue weighted by Crippen LogP contribution is -2.43. The number of hydrogen-bond donors (Lipinski definition) is 3. The third-order valence-electron chi connectivity index (χ3n) is 4.53. The van der Waals surface area contributed by atoms with Crippen molar-refractivity contribution in [1.82, 2.24) is 9.99 Å². The summed E-state index contributed by atoms with van der Waals surface area (Å²) in [7, 11) is 0. The Bertz CT molecular complexity index is 1160. The first kappa shape index (κ1) is 22.9. The number of nitrogens with one attached hydrogen (secondary N) is 3. The van der Waals surface area contributed by atoms with Gasteiger partial charge in [-0.05, 0) is 55.8 Å². The second-order valence-electron chi connectivity index (χ2n) is 6.90. The van der Waals surface area contributed by atoms with E-state index in [1.807, 2.05) is 6.92 Å². The van der Waals surface area contributed by atoms with Crippen LogP contribution in [0.1, 0.15) is 30.8 Å². The molecule has 0 saturated heterocycles. The summed E-state index contributed by atoms with van der Waals surface area (Å²) in [4.78, 5) is 37.6. The second kappa shape index (κ2) is 9.60. The lowest BCUT2D eigenvalue weighted by atomic mass is 10.2. The number of anilines is 1. The van der Waals surface area contributed by atoms with E-state index in [1.165, 1.54) is 22.9 Å². The standard InChI is InChI=1S/C21H19Cl3N4O3/c1-3-11(2)25-20(30)21(31)27-28-17-5-4-13(22)6-12(17)7-18(28)19(29)26-16-9-14(23)8-15(24)10-16/h4-11H,3H2,1-2H3,(H,25,30)(H,26,29)(H,27,31)/t11-/m1/s1. The number of halogens is 3. The Labute approximate surface area is 193 Å². The third kappa shape index (κ3) is 5.50. The van der Waals surface area contributed by atoms with Crippen molar-refractivity contribution in [3.05, 3.63) is 63.2 Å². The maximum atomic E-state index is 13.0. The van der Waals surface area contributed by atoms with Gasteiger partial charge in [0.05, 0.1) is 5.52 Å². The topological polar surface area (TPSA) is 92.2 Å². The molecule has 3 N–H and O–H groups in total. The summed E-state index contributed by atoms with van der Waals surface area (Å²) in [6.07, 6.45) is 0.666. The van der Waals surface area contributed by atoms with Gasteiger partial charge in [-0.15, -0.1) is 0 Å². The van der Waals surface area contributed by atoms with Gasteiger partial charge in [0.2, 0.25) is 0 Å². The summed E-state index contributed by atoms with van der Waals surface area (Å²) in [5.41, 5.74) is 3.43. The number of fused-ring (bicyclic) bond motifs is 1. The van der Waals surface area contributed by atoms with Crippen LogP contribution in [0.5, 0.6) is 0 Å². The molecule has 0 spiro atoms. The zero-order chi connectivity index (χ0) is 22.7. The van der Waals surface area contributed by atoms with E-state index in [-0.39, 0.29) is 11.7 Å². The molecule has 31 heavy (non-hydrogen) atoms. The molecule has 10 heteroatoms. The van der Waals surface area contributed by atoms with Crippen LogP contribution in [-0.4, -0.2) is 28.4 Å². The molecule has 3 aromatic rings. The van der Waals surface area contributed by atoms with E-state index in [9.17, 15) is 14.4 Å². The van der Waals surface area contributed by atoms with Gasteiger partial charge in [0, 0.05) is 32.2 Å². The van der Waals surface area contributed by atoms with E-state index in [1.54, 1.807) is 31.2 Å². The monoisotopic (exact) mass is 480 g/mol. The Morgan fingerprint density at radius 3 is 2.26 bits per heavy atom. The van der Waals surface area contributed by atoms with Gasteiger partial charge in [-0.3, -0.25) is 19.8 Å². The van der Waals surface area contributed by atoms with E-state index >= 15 is 0 Å². The molecule has 0 unspecified atom stereocenters. The quantitative estimate of drug-likeness (QED) is 0.455. The molecule has 1 aromatic heterocycles. The Kier molecular flexibility index (Phi) is 7.10. The van der Waals surface area contributed by atoms with Crippen LogP contribution in [0, 0.1) is 0 Å².